The SMILES string of the molecule is CC(C)(C)c1nc(N2CCC(O)C2)c2ncn(C/C(=N/N)N(N)C(C)(C)C)c2n1. The zero-order valence-electron chi connectivity index (χ0n) is 18.2. The molecule has 160 valence electrons. The highest BCUT2D eigenvalue weighted by atomic mass is 16.3. The summed E-state index contributed by atoms with van der Waals surface area (Å²) in [4.78, 5) is 16.3. The molecule has 0 spiro atoms. The van der Waals surface area contributed by atoms with E-state index in [4.69, 9.17) is 21.7 Å². The molecule has 1 fully saturated rings. The highest BCUT2D eigenvalue weighted by Gasteiger charge is 2.29. The average Bonchev–Trinajstić information content (AvgIpc) is 3.23. The van der Waals surface area contributed by atoms with Gasteiger partial charge in [-0.3, -0.25) is 5.01 Å². The lowest BCUT2D eigenvalue weighted by Crippen LogP contribution is -2.52. The van der Waals surface area contributed by atoms with Crippen molar-refractivity contribution in [3.63, 3.8) is 0 Å². The molecule has 5 N–H and O–H groups in total. The normalized spacial score (nSPS) is 18.7. The molecule has 2 aromatic heterocycles. The molecular formula is C19H33N9O. The van der Waals surface area contributed by atoms with Crippen LogP contribution in [-0.4, -0.2) is 60.2 Å². The molecule has 1 aliphatic heterocycles. The van der Waals surface area contributed by atoms with Crippen molar-refractivity contribution in [3.05, 3.63) is 12.2 Å². The van der Waals surface area contributed by atoms with E-state index < -0.39 is 0 Å². The number of nitrogens with zero attached hydrogens (tertiary/aromatic N) is 7. The van der Waals surface area contributed by atoms with Gasteiger partial charge >= 0.3 is 0 Å². The molecule has 0 saturated carbocycles. The fraction of sp³-hybridized carbons (Fsp3) is 0.684. The first-order chi connectivity index (χ1) is 13.4. The number of anilines is 1. The number of hydrogen-bond donors (Lipinski definition) is 3. The van der Waals surface area contributed by atoms with Crippen molar-refractivity contribution in [3.8, 4) is 0 Å². The summed E-state index contributed by atoms with van der Waals surface area (Å²) in [5.74, 6) is 13.9. The van der Waals surface area contributed by atoms with Crippen molar-refractivity contribution in [1.82, 2.24) is 24.5 Å². The second-order valence-corrected chi connectivity index (χ2v) is 9.64. The first-order valence-electron chi connectivity index (χ1n) is 9.90. The van der Waals surface area contributed by atoms with Crippen LogP contribution in [0.4, 0.5) is 5.82 Å². The molecule has 1 atom stereocenters. The van der Waals surface area contributed by atoms with Crippen LogP contribution in [0.25, 0.3) is 11.2 Å². The van der Waals surface area contributed by atoms with Crippen molar-refractivity contribution in [2.24, 2.45) is 16.8 Å². The minimum atomic E-state index is -0.353. The van der Waals surface area contributed by atoms with Gasteiger partial charge in [-0.1, -0.05) is 20.8 Å². The lowest BCUT2D eigenvalue weighted by atomic mass is 9.96. The molecule has 2 aromatic rings. The van der Waals surface area contributed by atoms with Gasteiger partial charge in [-0.2, -0.15) is 5.10 Å². The van der Waals surface area contributed by atoms with E-state index in [0.29, 0.717) is 30.1 Å². The lowest BCUT2D eigenvalue weighted by molar-refractivity contribution is 0.198. The summed E-state index contributed by atoms with van der Waals surface area (Å²) < 4.78 is 1.89. The van der Waals surface area contributed by atoms with E-state index in [9.17, 15) is 5.11 Å². The Balaban J connectivity index is 2.08. The minimum absolute atomic E-state index is 0.244. The molecule has 10 nitrogen and oxygen atoms in total. The van der Waals surface area contributed by atoms with Gasteiger partial charge in [0.05, 0.1) is 19.0 Å². The van der Waals surface area contributed by atoms with Gasteiger partial charge in [0, 0.05) is 24.0 Å². The zero-order valence-corrected chi connectivity index (χ0v) is 18.2. The molecule has 1 aliphatic rings. The van der Waals surface area contributed by atoms with Gasteiger partial charge in [0.25, 0.3) is 0 Å². The number of nitrogens with two attached hydrogens (primary N) is 2. The average molecular weight is 404 g/mol. The Morgan fingerprint density at radius 1 is 1.28 bits per heavy atom. The van der Waals surface area contributed by atoms with E-state index >= 15 is 0 Å². The van der Waals surface area contributed by atoms with E-state index in [1.54, 1.807) is 11.3 Å². The van der Waals surface area contributed by atoms with E-state index in [-0.39, 0.29) is 17.1 Å². The second kappa shape index (κ2) is 7.42. The van der Waals surface area contributed by atoms with Crippen LogP contribution in [0.2, 0.25) is 0 Å². The Hall–Kier alpha value is -2.46. The molecule has 0 aromatic carbocycles. The van der Waals surface area contributed by atoms with Gasteiger partial charge < -0.3 is 20.4 Å². The number of aliphatic hydroxyl groups is 1. The van der Waals surface area contributed by atoms with Crippen LogP contribution in [0.3, 0.4) is 0 Å². The van der Waals surface area contributed by atoms with Crippen LogP contribution >= 0.6 is 0 Å². The predicted molar refractivity (Wildman–Crippen MR) is 114 cm³/mol. The highest BCUT2D eigenvalue weighted by molar-refractivity contribution is 5.87. The van der Waals surface area contributed by atoms with Crippen LogP contribution in [0, 0.1) is 0 Å². The summed E-state index contributed by atoms with van der Waals surface area (Å²) in [6, 6.07) is 0. The van der Waals surface area contributed by atoms with Crippen molar-refractivity contribution in [1.29, 1.82) is 0 Å². The summed E-state index contributed by atoms with van der Waals surface area (Å²) in [5.41, 5.74) is 0.816. The number of hydrazine groups is 1. The summed E-state index contributed by atoms with van der Waals surface area (Å²) in [6.07, 6.45) is 2.08. The van der Waals surface area contributed by atoms with Crippen LogP contribution in [0.5, 0.6) is 0 Å². The largest absolute Gasteiger partial charge is 0.391 e. The molecule has 0 amide bonds. The summed E-state index contributed by atoms with van der Waals surface area (Å²) in [6.45, 7) is 13.8. The fourth-order valence-corrected chi connectivity index (χ4v) is 3.25. The smallest absolute Gasteiger partial charge is 0.166 e. The van der Waals surface area contributed by atoms with E-state index in [1.165, 1.54) is 0 Å². The molecule has 3 rings (SSSR count). The third-order valence-electron chi connectivity index (χ3n) is 5.04. The molecule has 1 saturated heterocycles. The first kappa shape index (κ1) is 21.3. The Morgan fingerprint density at radius 3 is 2.48 bits per heavy atom. The van der Waals surface area contributed by atoms with Crippen LogP contribution in [0.1, 0.15) is 53.8 Å². The number of aromatic nitrogens is 4. The first-order valence-corrected chi connectivity index (χ1v) is 9.90. The Kier molecular flexibility index (Phi) is 5.44. The highest BCUT2D eigenvalue weighted by Crippen LogP contribution is 2.29. The minimum Gasteiger partial charge on any atom is -0.391 e. The number of hydrogen-bond acceptors (Lipinski definition) is 8. The standard InChI is InChI=1S/C19H33N9O/c1-18(2,3)17-23-15(26-8-7-12(29)9-26)14-16(24-17)27(11-22-14)10-13(25-20)28(21)19(4,5)6/h11-12,29H,7-10,20-21H2,1-6H3/b25-13-. The third kappa shape index (κ3) is 4.27. The van der Waals surface area contributed by atoms with Gasteiger partial charge in [0.2, 0.25) is 0 Å². The number of hydrazone groups is 1. The third-order valence-corrected chi connectivity index (χ3v) is 5.04. The maximum atomic E-state index is 10.00. The number of aliphatic hydroxyl groups excluding tert-OH is 1. The van der Waals surface area contributed by atoms with Crippen LogP contribution in [0.15, 0.2) is 11.4 Å². The summed E-state index contributed by atoms with van der Waals surface area (Å²) in [5, 5.41) is 15.5. The van der Waals surface area contributed by atoms with Crippen molar-refractivity contribution in [2.45, 2.75) is 71.6 Å². The van der Waals surface area contributed by atoms with Crippen molar-refractivity contribution < 1.29 is 5.11 Å². The Labute approximate surface area is 171 Å². The van der Waals surface area contributed by atoms with Crippen LogP contribution in [-0.2, 0) is 12.0 Å². The number of rotatable bonds is 3. The Bertz CT molecular complexity index is 907. The number of fused-ring (bicyclic) bond motifs is 1. The van der Waals surface area contributed by atoms with Crippen molar-refractivity contribution >= 4 is 22.8 Å². The maximum Gasteiger partial charge on any atom is 0.166 e. The van der Waals surface area contributed by atoms with Crippen LogP contribution < -0.4 is 16.6 Å². The van der Waals surface area contributed by atoms with E-state index in [0.717, 1.165) is 24.6 Å². The van der Waals surface area contributed by atoms with Gasteiger partial charge in [0.15, 0.2) is 22.8 Å². The molecule has 0 bridgehead atoms. The number of amidine groups is 1. The topological polar surface area (TPSA) is 135 Å². The maximum absolute atomic E-state index is 10.00. The molecule has 3 heterocycles. The number of imidazole rings is 1. The van der Waals surface area contributed by atoms with Gasteiger partial charge in [-0.25, -0.2) is 20.8 Å². The molecule has 10 heteroatoms. The van der Waals surface area contributed by atoms with Crippen molar-refractivity contribution in [2.75, 3.05) is 18.0 Å². The van der Waals surface area contributed by atoms with Gasteiger partial charge in [0.1, 0.15) is 5.82 Å². The monoisotopic (exact) mass is 403 g/mol. The van der Waals surface area contributed by atoms with E-state index in [2.05, 4.69) is 35.8 Å². The summed E-state index contributed by atoms with van der Waals surface area (Å²) >= 11 is 0. The van der Waals surface area contributed by atoms with Gasteiger partial charge in [-0.05, 0) is 27.2 Å². The number of β-amino-alcohol motifs (C(OH)–C–C–N with tert-alkyl or cyclic N) is 1. The second-order valence-electron chi connectivity index (χ2n) is 9.64. The predicted octanol–water partition coefficient (Wildman–Crippen LogP) is 0.941. The quantitative estimate of drug-likeness (QED) is 0.298. The Morgan fingerprint density at radius 2 is 1.97 bits per heavy atom. The molecule has 0 radical (unpaired) electrons. The summed E-state index contributed by atoms with van der Waals surface area (Å²) in [7, 11) is 0. The molecule has 0 aliphatic carbocycles. The fourth-order valence-electron chi connectivity index (χ4n) is 3.25. The molecule has 1 unspecified atom stereocenters. The zero-order chi connectivity index (χ0) is 21.6. The molecule has 29 heavy (non-hydrogen) atoms. The van der Waals surface area contributed by atoms with Gasteiger partial charge in [-0.15, -0.1) is 0 Å². The lowest BCUT2D eigenvalue weighted by Gasteiger charge is -2.33. The molecular weight excluding hydrogens is 370 g/mol. The van der Waals surface area contributed by atoms with E-state index in [1.807, 2.05) is 25.3 Å².